The van der Waals surface area contributed by atoms with E-state index in [0.717, 1.165) is 16.8 Å². The molecule has 150 valence electrons. The number of nitrogens with zero attached hydrogens (tertiary/aromatic N) is 1. The average molecular weight is 403 g/mol. The lowest BCUT2D eigenvalue weighted by Gasteiger charge is -2.25. The summed E-state index contributed by atoms with van der Waals surface area (Å²) < 4.78 is 33.1. The van der Waals surface area contributed by atoms with Crippen molar-refractivity contribution in [3.63, 3.8) is 0 Å². The highest BCUT2D eigenvalue weighted by atomic mass is 32.2. The quantitative estimate of drug-likeness (QED) is 0.832. The minimum atomic E-state index is -3.82. The third-order valence-corrected chi connectivity index (χ3v) is 7.27. The van der Waals surface area contributed by atoms with Gasteiger partial charge in [0.15, 0.2) is 0 Å². The van der Waals surface area contributed by atoms with Crippen LogP contribution >= 0.6 is 0 Å². The van der Waals surface area contributed by atoms with Gasteiger partial charge in [-0.1, -0.05) is 24.3 Å². The van der Waals surface area contributed by atoms with Crippen molar-refractivity contribution in [2.45, 2.75) is 44.6 Å². The fourth-order valence-electron chi connectivity index (χ4n) is 3.62. The first-order chi connectivity index (χ1) is 13.3. The van der Waals surface area contributed by atoms with Crippen LogP contribution in [0.25, 0.3) is 0 Å². The molecule has 0 aliphatic carbocycles. The molecule has 1 fully saturated rings. The normalized spacial score (nSPS) is 17.5. The Bertz CT molecular complexity index is 981. The number of hydrogen-bond donors (Lipinski definition) is 1. The molecule has 1 heterocycles. The smallest absolute Gasteiger partial charge is 0.244 e. The first-order valence-corrected chi connectivity index (χ1v) is 10.7. The second-order valence-electron chi connectivity index (χ2n) is 7.16. The Balaban J connectivity index is 1.91. The molecule has 28 heavy (non-hydrogen) atoms. The van der Waals surface area contributed by atoms with Crippen LogP contribution in [-0.2, 0) is 14.8 Å². The molecule has 7 heteroatoms. The van der Waals surface area contributed by atoms with E-state index in [9.17, 15) is 13.2 Å². The number of rotatable bonds is 5. The Labute approximate surface area is 166 Å². The zero-order valence-corrected chi connectivity index (χ0v) is 17.5. The van der Waals surface area contributed by atoms with Crippen molar-refractivity contribution >= 4 is 21.6 Å². The van der Waals surface area contributed by atoms with Crippen LogP contribution in [-0.4, -0.2) is 38.3 Å². The van der Waals surface area contributed by atoms with E-state index in [1.165, 1.54) is 17.5 Å². The van der Waals surface area contributed by atoms with Gasteiger partial charge in [-0.3, -0.25) is 4.79 Å². The molecule has 1 aliphatic rings. The third kappa shape index (κ3) is 3.77. The lowest BCUT2D eigenvalue weighted by molar-refractivity contribution is -0.119. The van der Waals surface area contributed by atoms with E-state index in [4.69, 9.17) is 4.74 Å². The molecule has 1 atom stereocenters. The largest absolute Gasteiger partial charge is 0.497 e. The molecular formula is C21H26N2O4S. The zero-order valence-electron chi connectivity index (χ0n) is 16.7. The van der Waals surface area contributed by atoms with Crippen LogP contribution < -0.4 is 10.1 Å². The summed E-state index contributed by atoms with van der Waals surface area (Å²) in [7, 11) is -2.32. The summed E-state index contributed by atoms with van der Waals surface area (Å²) >= 11 is 0. The Morgan fingerprint density at radius 2 is 1.79 bits per heavy atom. The van der Waals surface area contributed by atoms with Gasteiger partial charge in [-0.25, -0.2) is 8.42 Å². The van der Waals surface area contributed by atoms with E-state index in [2.05, 4.69) is 5.32 Å². The van der Waals surface area contributed by atoms with Crippen molar-refractivity contribution in [2.75, 3.05) is 19.0 Å². The van der Waals surface area contributed by atoms with Gasteiger partial charge in [0.05, 0.1) is 12.0 Å². The number of carbonyl (C=O) groups excluding carboxylic acids is 1. The molecule has 0 aromatic heterocycles. The summed E-state index contributed by atoms with van der Waals surface area (Å²) in [5.74, 6) is 0.180. The predicted octanol–water partition coefficient (Wildman–Crippen LogP) is 3.41. The summed E-state index contributed by atoms with van der Waals surface area (Å²) in [6.45, 7) is 5.91. The van der Waals surface area contributed by atoms with E-state index in [1.807, 2.05) is 32.0 Å². The lowest BCUT2D eigenvalue weighted by atomic mass is 10.1. The Morgan fingerprint density at radius 1 is 1.11 bits per heavy atom. The van der Waals surface area contributed by atoms with Crippen molar-refractivity contribution in [1.82, 2.24) is 4.31 Å². The van der Waals surface area contributed by atoms with E-state index in [-0.39, 0.29) is 10.8 Å². The first kappa shape index (κ1) is 20.4. The van der Waals surface area contributed by atoms with E-state index < -0.39 is 16.1 Å². The van der Waals surface area contributed by atoms with Crippen molar-refractivity contribution in [3.8, 4) is 5.75 Å². The van der Waals surface area contributed by atoms with Gasteiger partial charge >= 0.3 is 0 Å². The molecule has 2 aromatic rings. The molecule has 0 unspecified atom stereocenters. The Morgan fingerprint density at radius 3 is 2.43 bits per heavy atom. The summed E-state index contributed by atoms with van der Waals surface area (Å²) in [5.41, 5.74) is 3.27. The van der Waals surface area contributed by atoms with Gasteiger partial charge in [0, 0.05) is 18.3 Å². The molecular weight excluding hydrogens is 376 g/mol. The number of amides is 1. The Hall–Kier alpha value is -2.38. The van der Waals surface area contributed by atoms with Gasteiger partial charge in [0.25, 0.3) is 0 Å². The van der Waals surface area contributed by atoms with E-state index in [1.54, 1.807) is 19.1 Å². The van der Waals surface area contributed by atoms with Gasteiger partial charge in [-0.15, -0.1) is 0 Å². The highest BCUT2D eigenvalue weighted by molar-refractivity contribution is 7.89. The van der Waals surface area contributed by atoms with Crippen LogP contribution in [0.15, 0.2) is 41.3 Å². The van der Waals surface area contributed by atoms with Gasteiger partial charge in [0.2, 0.25) is 15.9 Å². The molecule has 0 spiro atoms. The molecule has 0 bridgehead atoms. The second kappa shape index (κ2) is 7.93. The third-order valence-electron chi connectivity index (χ3n) is 5.22. The Kier molecular flexibility index (Phi) is 5.76. The fraction of sp³-hybridized carbons (Fsp3) is 0.381. The summed E-state index contributed by atoms with van der Waals surface area (Å²) in [4.78, 5) is 13.2. The standard InChI is InChI=1S/C21H26N2O4S/c1-14-10-11-17(27-4)13-19(14)28(25,26)23-12-6-9-18(23)21(24)22-20-15(2)7-5-8-16(20)3/h5,7-8,10-11,13,18H,6,9,12H2,1-4H3,(H,22,24)/t18-/m0/s1. The van der Waals surface area contributed by atoms with Crippen LogP contribution in [0.5, 0.6) is 5.75 Å². The molecule has 2 aromatic carbocycles. The van der Waals surface area contributed by atoms with Crippen LogP contribution in [0.2, 0.25) is 0 Å². The molecule has 0 saturated carbocycles. The van der Waals surface area contributed by atoms with Crippen LogP contribution in [0.1, 0.15) is 29.5 Å². The number of sulfonamides is 1. The van der Waals surface area contributed by atoms with Gasteiger partial charge < -0.3 is 10.1 Å². The number of anilines is 1. The molecule has 1 amide bonds. The lowest BCUT2D eigenvalue weighted by Crippen LogP contribution is -2.43. The number of para-hydroxylation sites is 1. The minimum Gasteiger partial charge on any atom is -0.497 e. The van der Waals surface area contributed by atoms with E-state index in [0.29, 0.717) is 30.7 Å². The molecule has 1 N–H and O–H groups in total. The first-order valence-electron chi connectivity index (χ1n) is 9.29. The van der Waals surface area contributed by atoms with Gasteiger partial charge in [-0.05, 0) is 56.4 Å². The number of carbonyl (C=O) groups is 1. The van der Waals surface area contributed by atoms with Crippen LogP contribution in [0.4, 0.5) is 5.69 Å². The monoisotopic (exact) mass is 402 g/mol. The van der Waals surface area contributed by atoms with Crippen LogP contribution in [0.3, 0.4) is 0 Å². The SMILES string of the molecule is COc1ccc(C)c(S(=O)(=O)N2CCC[C@H]2C(=O)Nc2c(C)cccc2C)c1. The molecule has 3 rings (SSSR count). The fourth-order valence-corrected chi connectivity index (χ4v) is 5.52. The summed E-state index contributed by atoms with van der Waals surface area (Å²) in [5, 5.41) is 2.94. The molecule has 6 nitrogen and oxygen atoms in total. The number of ether oxygens (including phenoxy) is 1. The summed E-state index contributed by atoms with van der Waals surface area (Å²) in [6.07, 6.45) is 1.14. The highest BCUT2D eigenvalue weighted by Crippen LogP contribution is 2.31. The zero-order chi connectivity index (χ0) is 20.5. The second-order valence-corrected chi connectivity index (χ2v) is 9.02. The van der Waals surface area contributed by atoms with Crippen molar-refractivity contribution in [2.24, 2.45) is 0 Å². The number of methoxy groups -OCH3 is 1. The molecule has 1 saturated heterocycles. The van der Waals surface area contributed by atoms with Crippen molar-refractivity contribution < 1.29 is 17.9 Å². The number of hydrogen-bond acceptors (Lipinski definition) is 4. The van der Waals surface area contributed by atoms with Crippen molar-refractivity contribution in [1.29, 1.82) is 0 Å². The van der Waals surface area contributed by atoms with E-state index >= 15 is 0 Å². The maximum absolute atomic E-state index is 13.3. The minimum absolute atomic E-state index is 0.179. The van der Waals surface area contributed by atoms with Gasteiger partial charge in [0.1, 0.15) is 11.8 Å². The number of aryl methyl sites for hydroxylation is 3. The van der Waals surface area contributed by atoms with Crippen molar-refractivity contribution in [3.05, 3.63) is 53.1 Å². The number of benzene rings is 2. The maximum Gasteiger partial charge on any atom is 0.244 e. The topological polar surface area (TPSA) is 75.7 Å². The predicted molar refractivity (Wildman–Crippen MR) is 109 cm³/mol. The molecule has 0 radical (unpaired) electrons. The summed E-state index contributed by atoms with van der Waals surface area (Å²) in [6, 6.07) is 10.0. The number of nitrogens with one attached hydrogen (secondary N) is 1. The highest BCUT2D eigenvalue weighted by Gasteiger charge is 2.40. The van der Waals surface area contributed by atoms with Crippen LogP contribution in [0, 0.1) is 20.8 Å². The average Bonchev–Trinajstić information content (AvgIpc) is 3.16. The maximum atomic E-state index is 13.3. The molecule has 1 aliphatic heterocycles. The van der Waals surface area contributed by atoms with Gasteiger partial charge in [-0.2, -0.15) is 4.31 Å².